The molecule has 2 aromatic carbocycles. The van der Waals surface area contributed by atoms with E-state index in [0.717, 1.165) is 0 Å². The number of phenols is 1. The van der Waals surface area contributed by atoms with Gasteiger partial charge in [-0.25, -0.2) is 19.3 Å². The highest BCUT2D eigenvalue weighted by atomic mass is 16.3. The summed E-state index contributed by atoms with van der Waals surface area (Å²) in [6, 6.07) is 15.2. The van der Waals surface area contributed by atoms with Crippen molar-refractivity contribution >= 4 is 17.1 Å². The van der Waals surface area contributed by atoms with Crippen LogP contribution in [-0.4, -0.2) is 30.5 Å². The van der Waals surface area contributed by atoms with Gasteiger partial charge in [0.1, 0.15) is 11.3 Å². The number of H-pyrrole nitrogens is 1. The second-order valence-electron chi connectivity index (χ2n) is 5.61. The monoisotopic (exact) mass is 347 g/mol. The van der Waals surface area contributed by atoms with E-state index in [1.54, 1.807) is 36.4 Å². The maximum Gasteiger partial charge on any atom is 0.332 e. The minimum absolute atomic E-state index is 0.0290. The van der Waals surface area contributed by atoms with Gasteiger partial charge in [0.05, 0.1) is 5.69 Å². The largest absolute Gasteiger partial charge is 0.508 e. The number of phenolic OH excluding ortho intramolecular Hbond substituents is 1. The van der Waals surface area contributed by atoms with Crippen LogP contribution in [0.1, 0.15) is 10.5 Å². The zero-order valence-corrected chi connectivity index (χ0v) is 13.4. The molecule has 0 fully saturated rings. The van der Waals surface area contributed by atoms with E-state index in [9.17, 15) is 14.7 Å². The number of para-hydroxylation sites is 1. The normalized spacial score (nSPS) is 10.9. The fraction of sp³-hybridized carbons (Fsp3) is 0. The van der Waals surface area contributed by atoms with Crippen molar-refractivity contribution in [3.05, 3.63) is 70.8 Å². The number of imidazole rings is 1. The van der Waals surface area contributed by atoms with Gasteiger partial charge < -0.3 is 15.8 Å². The van der Waals surface area contributed by atoms with Gasteiger partial charge in [-0.1, -0.05) is 30.3 Å². The third-order valence-corrected chi connectivity index (χ3v) is 3.89. The average Bonchev–Trinajstić information content (AvgIpc) is 2.97. The fourth-order valence-electron chi connectivity index (χ4n) is 2.75. The second kappa shape index (κ2) is 5.85. The lowest BCUT2D eigenvalue weighted by molar-refractivity contribution is 0.0997. The van der Waals surface area contributed by atoms with Gasteiger partial charge in [0.2, 0.25) is 0 Å². The van der Waals surface area contributed by atoms with Crippen molar-refractivity contribution in [2.24, 2.45) is 5.73 Å². The predicted molar refractivity (Wildman–Crippen MR) is 95.1 cm³/mol. The molecule has 0 atom stereocenters. The third kappa shape index (κ3) is 2.49. The Bertz CT molecular complexity index is 1190. The van der Waals surface area contributed by atoms with Crippen molar-refractivity contribution in [3.8, 4) is 22.8 Å². The highest BCUT2D eigenvalue weighted by Gasteiger charge is 2.20. The number of rotatable bonds is 3. The van der Waals surface area contributed by atoms with Crippen molar-refractivity contribution < 1.29 is 9.90 Å². The summed E-state index contributed by atoms with van der Waals surface area (Å²) in [6.45, 7) is 0. The number of aromatic amines is 1. The van der Waals surface area contributed by atoms with E-state index in [0.29, 0.717) is 11.3 Å². The number of nitrogens with one attached hydrogen (secondary N) is 1. The zero-order valence-electron chi connectivity index (χ0n) is 13.4. The van der Waals surface area contributed by atoms with Crippen LogP contribution in [0, 0.1) is 0 Å². The van der Waals surface area contributed by atoms with Crippen LogP contribution in [0.4, 0.5) is 0 Å². The van der Waals surface area contributed by atoms with Gasteiger partial charge in [0.15, 0.2) is 17.2 Å². The molecule has 2 heterocycles. The van der Waals surface area contributed by atoms with E-state index < -0.39 is 11.6 Å². The van der Waals surface area contributed by atoms with Gasteiger partial charge in [-0.05, 0) is 24.3 Å². The topological polar surface area (TPSA) is 127 Å². The molecule has 8 nitrogen and oxygen atoms in total. The van der Waals surface area contributed by atoms with Crippen molar-refractivity contribution in [2.75, 3.05) is 0 Å². The first-order valence-corrected chi connectivity index (χ1v) is 7.72. The summed E-state index contributed by atoms with van der Waals surface area (Å²) in [7, 11) is 0. The minimum Gasteiger partial charge on any atom is -0.508 e. The quantitative estimate of drug-likeness (QED) is 0.518. The van der Waals surface area contributed by atoms with E-state index in [1.165, 1.54) is 16.7 Å². The van der Waals surface area contributed by atoms with Crippen LogP contribution in [0.3, 0.4) is 0 Å². The molecule has 4 rings (SSSR count). The van der Waals surface area contributed by atoms with E-state index >= 15 is 0 Å². The van der Waals surface area contributed by atoms with Crippen molar-refractivity contribution in [1.29, 1.82) is 0 Å². The van der Waals surface area contributed by atoms with Crippen LogP contribution >= 0.6 is 0 Å². The maximum atomic E-state index is 12.5. The predicted octanol–water partition coefficient (Wildman–Crippen LogP) is 1.58. The Balaban J connectivity index is 2.08. The Hall–Kier alpha value is -3.94. The third-order valence-electron chi connectivity index (χ3n) is 3.89. The number of nitrogens with two attached hydrogens (primary N) is 1. The Morgan fingerprint density at radius 2 is 1.85 bits per heavy atom. The molecule has 1 amide bonds. The summed E-state index contributed by atoms with van der Waals surface area (Å²) >= 11 is 0. The number of fused-ring (bicyclic) bond motifs is 1. The summed E-state index contributed by atoms with van der Waals surface area (Å²) in [5.41, 5.74) is 6.34. The van der Waals surface area contributed by atoms with Gasteiger partial charge in [0.25, 0.3) is 5.91 Å². The summed E-state index contributed by atoms with van der Waals surface area (Å²) in [4.78, 5) is 35.5. The molecule has 0 saturated heterocycles. The zero-order chi connectivity index (χ0) is 18.3. The van der Waals surface area contributed by atoms with Crippen molar-refractivity contribution in [1.82, 2.24) is 19.5 Å². The van der Waals surface area contributed by atoms with Crippen LogP contribution in [-0.2, 0) is 0 Å². The lowest BCUT2D eigenvalue weighted by Crippen LogP contribution is -2.15. The molecule has 0 aliphatic carbocycles. The standard InChI is InChI=1S/C18H13N5O3/c19-15(25)13-14-17(22-16(20-13)10-5-4-8-12(24)9-10)23(18(26)21-14)11-6-2-1-3-7-11/h1-9,24H,(H2,19,25)(H,21,26). The lowest BCUT2D eigenvalue weighted by atomic mass is 10.2. The average molecular weight is 347 g/mol. The van der Waals surface area contributed by atoms with Gasteiger partial charge in [0, 0.05) is 5.56 Å². The number of carbonyl (C=O) groups excluding carboxylic acids is 1. The highest BCUT2D eigenvalue weighted by Crippen LogP contribution is 2.24. The number of carbonyl (C=O) groups is 1. The van der Waals surface area contributed by atoms with Crippen molar-refractivity contribution in [3.63, 3.8) is 0 Å². The molecular weight excluding hydrogens is 334 g/mol. The summed E-state index contributed by atoms with van der Waals surface area (Å²) in [6.07, 6.45) is 0. The molecule has 8 heteroatoms. The molecular formula is C18H13N5O3. The fourth-order valence-corrected chi connectivity index (χ4v) is 2.75. The molecule has 0 unspecified atom stereocenters. The first kappa shape index (κ1) is 15.6. The number of hydrogen-bond acceptors (Lipinski definition) is 5. The number of nitrogens with zero attached hydrogens (tertiary/aromatic N) is 3. The number of benzene rings is 2. The highest BCUT2D eigenvalue weighted by molar-refractivity contribution is 6.02. The van der Waals surface area contributed by atoms with E-state index in [-0.39, 0.29) is 28.4 Å². The summed E-state index contributed by atoms with van der Waals surface area (Å²) < 4.78 is 1.34. The lowest BCUT2D eigenvalue weighted by Gasteiger charge is -2.06. The molecule has 4 aromatic rings. The molecule has 0 bridgehead atoms. The van der Waals surface area contributed by atoms with Gasteiger partial charge in [-0.15, -0.1) is 0 Å². The van der Waals surface area contributed by atoms with E-state index in [2.05, 4.69) is 15.0 Å². The first-order chi connectivity index (χ1) is 12.5. The number of hydrogen-bond donors (Lipinski definition) is 3. The molecule has 2 aromatic heterocycles. The molecule has 4 N–H and O–H groups in total. The van der Waals surface area contributed by atoms with E-state index in [1.807, 2.05) is 6.07 Å². The molecule has 26 heavy (non-hydrogen) atoms. The van der Waals surface area contributed by atoms with Crippen LogP contribution in [0.25, 0.3) is 28.2 Å². The molecule has 0 aliphatic heterocycles. The smallest absolute Gasteiger partial charge is 0.332 e. The molecule has 128 valence electrons. The van der Waals surface area contributed by atoms with Gasteiger partial charge in [-0.3, -0.25) is 4.79 Å². The van der Waals surface area contributed by atoms with Crippen LogP contribution < -0.4 is 11.4 Å². The number of aromatic hydroxyl groups is 1. The SMILES string of the molecule is NC(=O)c1nc(-c2cccc(O)c2)nc2c1[nH]c(=O)n2-c1ccccc1. The van der Waals surface area contributed by atoms with Gasteiger partial charge >= 0.3 is 5.69 Å². The first-order valence-electron chi connectivity index (χ1n) is 7.72. The Morgan fingerprint density at radius 1 is 1.08 bits per heavy atom. The molecule has 0 radical (unpaired) electrons. The minimum atomic E-state index is -0.791. The Labute approximate surface area is 146 Å². The van der Waals surface area contributed by atoms with Crippen molar-refractivity contribution in [2.45, 2.75) is 0 Å². The second-order valence-corrected chi connectivity index (χ2v) is 5.61. The molecule has 0 aliphatic rings. The molecule has 0 spiro atoms. The Morgan fingerprint density at radius 3 is 2.54 bits per heavy atom. The molecule has 0 saturated carbocycles. The van der Waals surface area contributed by atoms with Crippen LogP contribution in [0.2, 0.25) is 0 Å². The van der Waals surface area contributed by atoms with E-state index in [4.69, 9.17) is 5.73 Å². The van der Waals surface area contributed by atoms with Crippen LogP contribution in [0.15, 0.2) is 59.4 Å². The van der Waals surface area contributed by atoms with Gasteiger partial charge in [-0.2, -0.15) is 0 Å². The summed E-state index contributed by atoms with van der Waals surface area (Å²) in [5, 5.41) is 9.69. The number of amides is 1. The van der Waals surface area contributed by atoms with Crippen LogP contribution in [0.5, 0.6) is 5.75 Å². The Kier molecular flexibility index (Phi) is 3.51. The maximum absolute atomic E-state index is 12.5. The number of primary amides is 1. The number of aromatic nitrogens is 4. The summed E-state index contributed by atoms with van der Waals surface area (Å²) in [5.74, 6) is -0.590.